The van der Waals surface area contributed by atoms with Crippen LogP contribution in [-0.4, -0.2) is 23.5 Å². The summed E-state index contributed by atoms with van der Waals surface area (Å²) >= 11 is 5.85. The summed E-state index contributed by atoms with van der Waals surface area (Å²) in [6.45, 7) is 4.64. The van der Waals surface area contributed by atoms with E-state index in [0.717, 1.165) is 5.69 Å². The van der Waals surface area contributed by atoms with Gasteiger partial charge in [0, 0.05) is 7.11 Å². The van der Waals surface area contributed by atoms with Gasteiger partial charge in [-0.2, -0.15) is 5.10 Å². The summed E-state index contributed by atoms with van der Waals surface area (Å²) in [7, 11) is 1.68. The lowest BCUT2D eigenvalue weighted by molar-refractivity contribution is 0.156. The number of halogens is 1. The molecular formula is C8H13ClN2O. The summed E-state index contributed by atoms with van der Waals surface area (Å²) in [6, 6.07) is 0.238. The highest BCUT2D eigenvalue weighted by atomic mass is 35.5. The van der Waals surface area contributed by atoms with Gasteiger partial charge in [-0.1, -0.05) is 11.6 Å². The fourth-order valence-corrected chi connectivity index (χ4v) is 1.29. The SMILES string of the molecule is COC[C@H](C)n1ncc(Cl)c1C. The summed E-state index contributed by atoms with van der Waals surface area (Å²) in [5.41, 5.74) is 0.987. The van der Waals surface area contributed by atoms with Gasteiger partial charge in [-0.05, 0) is 13.8 Å². The molecule has 0 unspecified atom stereocenters. The minimum atomic E-state index is 0.238. The smallest absolute Gasteiger partial charge is 0.0815 e. The molecule has 0 saturated carbocycles. The monoisotopic (exact) mass is 188 g/mol. The summed E-state index contributed by atoms with van der Waals surface area (Å²) in [5.74, 6) is 0. The minimum absolute atomic E-state index is 0.238. The molecule has 0 spiro atoms. The average Bonchev–Trinajstić information content (AvgIpc) is 2.34. The molecule has 68 valence electrons. The number of aromatic nitrogens is 2. The fourth-order valence-electron chi connectivity index (χ4n) is 1.16. The lowest BCUT2D eigenvalue weighted by atomic mass is 10.3. The maximum atomic E-state index is 5.85. The molecule has 0 bridgehead atoms. The molecule has 1 heterocycles. The van der Waals surface area contributed by atoms with Crippen molar-refractivity contribution in [3.63, 3.8) is 0 Å². The molecule has 0 N–H and O–H groups in total. The van der Waals surface area contributed by atoms with Crippen LogP contribution in [0.15, 0.2) is 6.20 Å². The number of rotatable bonds is 3. The number of hydrogen-bond acceptors (Lipinski definition) is 2. The molecule has 4 heteroatoms. The Labute approximate surface area is 77.3 Å². The second kappa shape index (κ2) is 3.92. The summed E-state index contributed by atoms with van der Waals surface area (Å²) in [4.78, 5) is 0. The van der Waals surface area contributed by atoms with E-state index in [-0.39, 0.29) is 6.04 Å². The van der Waals surface area contributed by atoms with Crippen molar-refractivity contribution in [1.29, 1.82) is 0 Å². The van der Waals surface area contributed by atoms with E-state index in [4.69, 9.17) is 16.3 Å². The van der Waals surface area contributed by atoms with Crippen molar-refractivity contribution in [1.82, 2.24) is 9.78 Å². The highest BCUT2D eigenvalue weighted by molar-refractivity contribution is 6.31. The van der Waals surface area contributed by atoms with Crippen LogP contribution in [0.1, 0.15) is 18.7 Å². The third-order valence-electron chi connectivity index (χ3n) is 1.81. The lowest BCUT2D eigenvalue weighted by Crippen LogP contribution is -2.13. The van der Waals surface area contributed by atoms with Crippen molar-refractivity contribution >= 4 is 11.6 Å². The van der Waals surface area contributed by atoms with Gasteiger partial charge in [-0.25, -0.2) is 0 Å². The van der Waals surface area contributed by atoms with Gasteiger partial charge in [0.25, 0.3) is 0 Å². The van der Waals surface area contributed by atoms with Crippen molar-refractivity contribution in [3.05, 3.63) is 16.9 Å². The first-order chi connectivity index (χ1) is 5.66. The lowest BCUT2D eigenvalue weighted by Gasteiger charge is -2.12. The van der Waals surface area contributed by atoms with Gasteiger partial charge in [0.15, 0.2) is 0 Å². The first-order valence-electron chi connectivity index (χ1n) is 3.85. The molecule has 0 aliphatic heterocycles. The van der Waals surface area contributed by atoms with Crippen LogP contribution in [0.2, 0.25) is 5.02 Å². The first kappa shape index (κ1) is 9.55. The van der Waals surface area contributed by atoms with E-state index in [0.29, 0.717) is 11.6 Å². The minimum Gasteiger partial charge on any atom is -0.382 e. The predicted octanol–water partition coefficient (Wildman–Crippen LogP) is 2.05. The molecule has 12 heavy (non-hydrogen) atoms. The summed E-state index contributed by atoms with van der Waals surface area (Å²) < 4.78 is 6.89. The average molecular weight is 189 g/mol. The molecule has 0 fully saturated rings. The molecule has 0 saturated heterocycles. The van der Waals surface area contributed by atoms with Gasteiger partial charge in [0.2, 0.25) is 0 Å². The van der Waals surface area contributed by atoms with Crippen molar-refractivity contribution in [2.75, 3.05) is 13.7 Å². The van der Waals surface area contributed by atoms with Crippen molar-refractivity contribution < 1.29 is 4.74 Å². The Bertz CT molecular complexity index is 260. The van der Waals surface area contributed by atoms with Crippen LogP contribution >= 0.6 is 11.6 Å². The standard InChI is InChI=1S/C8H13ClN2O/c1-6(5-12-3)11-7(2)8(9)4-10-11/h4,6H,5H2,1-3H3/t6-/m0/s1. The summed E-state index contributed by atoms with van der Waals surface area (Å²) in [5, 5.41) is 4.85. The largest absolute Gasteiger partial charge is 0.382 e. The van der Waals surface area contributed by atoms with Crippen molar-refractivity contribution in [2.45, 2.75) is 19.9 Å². The van der Waals surface area contributed by atoms with E-state index >= 15 is 0 Å². The van der Waals surface area contributed by atoms with Crippen LogP contribution in [0.5, 0.6) is 0 Å². The van der Waals surface area contributed by atoms with Crippen LogP contribution < -0.4 is 0 Å². The van der Waals surface area contributed by atoms with Crippen LogP contribution in [0.3, 0.4) is 0 Å². The van der Waals surface area contributed by atoms with Crippen LogP contribution in [-0.2, 0) is 4.74 Å². The van der Waals surface area contributed by atoms with Gasteiger partial charge < -0.3 is 4.74 Å². The van der Waals surface area contributed by atoms with Gasteiger partial charge in [0.1, 0.15) is 0 Å². The second-order valence-electron chi connectivity index (χ2n) is 2.83. The molecule has 1 aromatic heterocycles. The molecule has 0 amide bonds. The fraction of sp³-hybridized carbons (Fsp3) is 0.625. The number of nitrogens with zero attached hydrogens (tertiary/aromatic N) is 2. The molecule has 0 radical (unpaired) electrons. The highest BCUT2D eigenvalue weighted by Crippen LogP contribution is 2.17. The van der Waals surface area contributed by atoms with Crippen LogP contribution in [0, 0.1) is 6.92 Å². The van der Waals surface area contributed by atoms with Gasteiger partial charge in [-0.15, -0.1) is 0 Å². The Morgan fingerprint density at radius 2 is 2.42 bits per heavy atom. The van der Waals surface area contributed by atoms with E-state index in [1.165, 1.54) is 0 Å². The van der Waals surface area contributed by atoms with E-state index in [2.05, 4.69) is 5.10 Å². The number of ether oxygens (including phenoxy) is 1. The van der Waals surface area contributed by atoms with Crippen molar-refractivity contribution in [3.8, 4) is 0 Å². The molecule has 0 aromatic carbocycles. The van der Waals surface area contributed by atoms with E-state index in [9.17, 15) is 0 Å². The Morgan fingerprint density at radius 3 is 2.83 bits per heavy atom. The molecule has 1 rings (SSSR count). The molecule has 3 nitrogen and oxygen atoms in total. The zero-order valence-electron chi connectivity index (χ0n) is 7.54. The van der Waals surface area contributed by atoms with E-state index < -0.39 is 0 Å². The van der Waals surface area contributed by atoms with E-state index in [1.807, 2.05) is 18.5 Å². The Balaban J connectivity index is 2.80. The normalized spacial score (nSPS) is 13.3. The Hall–Kier alpha value is -0.540. The summed E-state index contributed by atoms with van der Waals surface area (Å²) in [6.07, 6.45) is 1.66. The second-order valence-corrected chi connectivity index (χ2v) is 3.23. The first-order valence-corrected chi connectivity index (χ1v) is 4.23. The van der Waals surface area contributed by atoms with Gasteiger partial charge >= 0.3 is 0 Å². The zero-order chi connectivity index (χ0) is 9.14. The Morgan fingerprint density at radius 1 is 1.75 bits per heavy atom. The van der Waals surface area contributed by atoms with Gasteiger partial charge in [-0.3, -0.25) is 4.68 Å². The van der Waals surface area contributed by atoms with Crippen LogP contribution in [0.25, 0.3) is 0 Å². The molecule has 1 atom stereocenters. The molecule has 0 aliphatic carbocycles. The predicted molar refractivity (Wildman–Crippen MR) is 48.6 cm³/mol. The third-order valence-corrected chi connectivity index (χ3v) is 2.18. The molecule has 0 aliphatic rings. The van der Waals surface area contributed by atoms with Gasteiger partial charge in [0.05, 0.1) is 29.6 Å². The third kappa shape index (κ3) is 1.79. The topological polar surface area (TPSA) is 27.1 Å². The zero-order valence-corrected chi connectivity index (χ0v) is 8.30. The van der Waals surface area contributed by atoms with Crippen LogP contribution in [0.4, 0.5) is 0 Å². The van der Waals surface area contributed by atoms with E-state index in [1.54, 1.807) is 13.3 Å². The molecule has 1 aromatic rings. The highest BCUT2D eigenvalue weighted by Gasteiger charge is 2.09. The molecular weight excluding hydrogens is 176 g/mol. The number of methoxy groups -OCH3 is 1. The maximum Gasteiger partial charge on any atom is 0.0815 e. The van der Waals surface area contributed by atoms with Crippen molar-refractivity contribution in [2.24, 2.45) is 0 Å². The number of hydrogen-bond donors (Lipinski definition) is 0. The quantitative estimate of drug-likeness (QED) is 0.726. The Kier molecular flexibility index (Phi) is 3.12. The maximum absolute atomic E-state index is 5.85.